The summed E-state index contributed by atoms with van der Waals surface area (Å²) in [6.45, 7) is -1.56. The minimum atomic E-state index is -4.58. The zero-order valence-corrected chi connectivity index (χ0v) is 27.7. The van der Waals surface area contributed by atoms with Gasteiger partial charge in [0.25, 0.3) is 0 Å². The van der Waals surface area contributed by atoms with E-state index in [1.165, 1.54) is 0 Å². The third kappa shape index (κ3) is 12.2. The van der Waals surface area contributed by atoms with Crippen LogP contribution in [0, 0.1) is 0 Å². The Hall–Kier alpha value is -4.11. The fourth-order valence-corrected chi connectivity index (χ4v) is 5.55. The predicted molar refractivity (Wildman–Crippen MR) is 171 cm³/mol. The van der Waals surface area contributed by atoms with Crippen molar-refractivity contribution in [1.29, 1.82) is 0 Å². The summed E-state index contributed by atoms with van der Waals surface area (Å²) in [5.74, 6) is -0.588. The van der Waals surface area contributed by atoms with Gasteiger partial charge in [0.05, 0.1) is 11.8 Å². The van der Waals surface area contributed by atoms with E-state index in [-0.39, 0.29) is 61.9 Å². The van der Waals surface area contributed by atoms with Crippen molar-refractivity contribution in [1.82, 2.24) is 19.7 Å². The Morgan fingerprint density at radius 1 is 0.896 bits per heavy atom. The van der Waals surface area contributed by atoms with Crippen LogP contribution in [0.1, 0.15) is 85.1 Å². The highest BCUT2D eigenvalue weighted by Gasteiger charge is 2.45. The van der Waals surface area contributed by atoms with Crippen LogP contribution in [-0.2, 0) is 31.6 Å². The number of sulfonamides is 1. The molecular formula is C32H35ClF3N5O6S. The Kier molecular flexibility index (Phi) is 12.1. The molecule has 4 rings (SSSR count). The van der Waals surface area contributed by atoms with Gasteiger partial charge in [0.1, 0.15) is 11.6 Å². The average molecular weight is 710 g/mol. The number of benzene rings is 2. The van der Waals surface area contributed by atoms with Gasteiger partial charge in [0.2, 0.25) is 21.9 Å². The number of halogens is 4. The maximum atomic E-state index is 12.9. The predicted octanol–water partition coefficient (Wildman–Crippen LogP) is 5.72. The number of carbonyl (C=O) groups excluding carboxylic acids is 3. The maximum Gasteiger partial charge on any atom is 0.422 e. The Bertz CT molecular complexity index is 1720. The van der Waals surface area contributed by atoms with E-state index >= 15 is 0 Å². The van der Waals surface area contributed by atoms with Gasteiger partial charge in [-0.15, -0.1) is 0 Å². The van der Waals surface area contributed by atoms with Gasteiger partial charge in [-0.3, -0.25) is 19.1 Å². The number of carbonyl (C=O) groups is 3. The molecule has 1 aliphatic rings. The van der Waals surface area contributed by atoms with Crippen LogP contribution in [0.2, 0.25) is 5.02 Å². The lowest BCUT2D eigenvalue weighted by atomic mass is 10.0. The van der Waals surface area contributed by atoms with Crippen molar-refractivity contribution < 1.29 is 40.7 Å². The molecule has 3 aromatic rings. The fraction of sp³-hybridized carbons (Fsp3) is 0.438. The molecule has 0 saturated heterocycles. The van der Waals surface area contributed by atoms with Crippen LogP contribution in [0.3, 0.4) is 0 Å². The maximum absolute atomic E-state index is 12.9. The lowest BCUT2D eigenvalue weighted by Crippen LogP contribution is -2.29. The van der Waals surface area contributed by atoms with Gasteiger partial charge < -0.3 is 10.1 Å². The second-order valence-corrected chi connectivity index (χ2v) is 13.9. The molecule has 1 amide bonds. The molecule has 0 radical (unpaired) electrons. The number of hydrogen-bond donors (Lipinski definition) is 2. The van der Waals surface area contributed by atoms with Crippen LogP contribution in [0.15, 0.2) is 48.5 Å². The number of anilines is 1. The smallest absolute Gasteiger partial charge is 0.422 e. The van der Waals surface area contributed by atoms with Crippen molar-refractivity contribution in [3.05, 3.63) is 76.1 Å². The van der Waals surface area contributed by atoms with Crippen LogP contribution in [0.25, 0.3) is 0 Å². The van der Waals surface area contributed by atoms with Crippen LogP contribution >= 0.6 is 11.6 Å². The topological polar surface area (TPSA) is 157 Å². The Morgan fingerprint density at radius 3 is 2.17 bits per heavy atom. The number of unbranched alkanes of at least 4 members (excludes halogenated alkanes) is 1. The molecule has 0 bridgehead atoms. The molecule has 1 aromatic heterocycles. The third-order valence-corrected chi connectivity index (χ3v) is 8.28. The first-order valence-corrected chi connectivity index (χ1v) is 17.5. The van der Waals surface area contributed by atoms with E-state index in [4.69, 9.17) is 16.3 Å². The number of amides is 1. The van der Waals surface area contributed by atoms with Crippen molar-refractivity contribution in [2.75, 3.05) is 18.2 Å². The number of aromatic nitrogens is 3. The number of nitrogens with one attached hydrogen (secondary N) is 2. The number of alkyl halides is 3. The molecule has 2 N–H and O–H groups in total. The summed E-state index contributed by atoms with van der Waals surface area (Å²) in [7, 11) is -3.63. The molecule has 11 nitrogen and oxygen atoms in total. The van der Waals surface area contributed by atoms with E-state index < -0.39 is 40.3 Å². The van der Waals surface area contributed by atoms with Crippen LogP contribution in [0.5, 0.6) is 6.01 Å². The second kappa shape index (κ2) is 15.9. The Balaban J connectivity index is 1.30. The zero-order valence-electron chi connectivity index (χ0n) is 26.1. The minimum absolute atomic E-state index is 0.0695. The average Bonchev–Trinajstić information content (AvgIpc) is 3.78. The minimum Gasteiger partial charge on any atom is -0.454 e. The van der Waals surface area contributed by atoms with E-state index in [0.717, 1.165) is 24.7 Å². The van der Waals surface area contributed by atoms with E-state index in [2.05, 4.69) is 20.3 Å². The highest BCUT2D eigenvalue weighted by Crippen LogP contribution is 2.48. The van der Waals surface area contributed by atoms with Crippen molar-refractivity contribution >= 4 is 45.0 Å². The number of Topliss-reactive ketones (excluding diaryl/α,β-unsaturated/α-hetero) is 2. The molecule has 0 spiro atoms. The summed E-state index contributed by atoms with van der Waals surface area (Å²) in [5.41, 5.74) is 1.63. The fourth-order valence-electron chi connectivity index (χ4n) is 4.91. The summed E-state index contributed by atoms with van der Waals surface area (Å²) < 4.78 is 67.4. The largest absolute Gasteiger partial charge is 0.454 e. The van der Waals surface area contributed by atoms with E-state index in [9.17, 15) is 36.0 Å². The number of nitrogens with zero attached hydrogens (tertiary/aromatic N) is 3. The monoisotopic (exact) mass is 709 g/mol. The SMILES string of the molecule is CS(=O)(=O)NC(=O)CCCC(=O)CCCCC(=O)c1ccc(Cc2nc(NC3(c4ccc(Cl)cc4)CC3)nc(OCC(F)(F)F)n2)cc1. The standard InChI is InChI=1S/C32H35ClF3N5O6S/c1-48(45,46)41-28(44)8-4-6-25(42)5-2-3-7-26(43)22-11-9-21(10-12-22)19-27-37-29(39-30(38-27)47-20-32(34,35)36)40-31(17-18-31)23-13-15-24(33)16-14-23/h9-16H,2-8,17-20H2,1H3,(H,41,44)(H,37,38,39,40). The van der Waals surface area contributed by atoms with Gasteiger partial charge in [0.15, 0.2) is 12.4 Å². The molecule has 0 unspecified atom stereocenters. The molecular weight excluding hydrogens is 675 g/mol. The van der Waals surface area contributed by atoms with Gasteiger partial charge in [-0.05, 0) is 55.4 Å². The Morgan fingerprint density at radius 2 is 1.54 bits per heavy atom. The lowest BCUT2D eigenvalue weighted by molar-refractivity contribution is -0.154. The number of ketones is 2. The number of rotatable bonds is 18. The quantitative estimate of drug-likeness (QED) is 0.124. The molecule has 258 valence electrons. The van der Waals surface area contributed by atoms with Crippen LogP contribution < -0.4 is 14.8 Å². The molecule has 1 aliphatic carbocycles. The van der Waals surface area contributed by atoms with Gasteiger partial charge in [-0.2, -0.15) is 28.1 Å². The first kappa shape index (κ1) is 36.7. The molecule has 16 heteroatoms. The summed E-state index contributed by atoms with van der Waals surface area (Å²) in [6.07, 6.45) is -0.290. The molecule has 0 atom stereocenters. The van der Waals surface area contributed by atoms with E-state index in [1.54, 1.807) is 36.4 Å². The first-order chi connectivity index (χ1) is 22.6. The van der Waals surface area contributed by atoms with Gasteiger partial charge in [0, 0.05) is 42.7 Å². The first-order valence-electron chi connectivity index (χ1n) is 15.2. The van der Waals surface area contributed by atoms with E-state index in [1.807, 2.05) is 16.9 Å². The van der Waals surface area contributed by atoms with Crippen molar-refractivity contribution in [2.45, 2.75) is 75.9 Å². The third-order valence-electron chi connectivity index (χ3n) is 7.43. The summed E-state index contributed by atoms with van der Waals surface area (Å²) in [6, 6.07) is 13.5. The second-order valence-electron chi connectivity index (χ2n) is 11.7. The highest BCUT2D eigenvalue weighted by molar-refractivity contribution is 7.89. The molecule has 2 aromatic carbocycles. The summed E-state index contributed by atoms with van der Waals surface area (Å²) in [5, 5.41) is 3.81. The van der Waals surface area contributed by atoms with Crippen LogP contribution in [-0.4, -0.2) is 59.9 Å². The molecule has 1 fully saturated rings. The van der Waals surface area contributed by atoms with Gasteiger partial charge in [-0.25, -0.2) is 8.42 Å². The van der Waals surface area contributed by atoms with Crippen molar-refractivity contribution in [2.24, 2.45) is 0 Å². The van der Waals surface area contributed by atoms with Gasteiger partial charge >= 0.3 is 12.2 Å². The summed E-state index contributed by atoms with van der Waals surface area (Å²) in [4.78, 5) is 48.9. The lowest BCUT2D eigenvalue weighted by Gasteiger charge is -2.19. The Labute approximate surface area is 281 Å². The molecule has 1 saturated carbocycles. The van der Waals surface area contributed by atoms with Crippen LogP contribution in [0.4, 0.5) is 19.1 Å². The molecule has 48 heavy (non-hydrogen) atoms. The summed E-state index contributed by atoms with van der Waals surface area (Å²) >= 11 is 6.02. The molecule has 1 heterocycles. The highest BCUT2D eigenvalue weighted by atomic mass is 35.5. The normalized spacial score (nSPS) is 13.9. The molecule has 0 aliphatic heterocycles. The number of hydrogen-bond acceptors (Lipinski definition) is 10. The van der Waals surface area contributed by atoms with Crippen molar-refractivity contribution in [3.63, 3.8) is 0 Å². The zero-order chi connectivity index (χ0) is 35.0. The van der Waals surface area contributed by atoms with Crippen molar-refractivity contribution in [3.8, 4) is 6.01 Å². The van der Waals surface area contributed by atoms with Gasteiger partial charge in [-0.1, -0.05) is 48.0 Å². The number of ether oxygens (including phenoxy) is 1. The van der Waals surface area contributed by atoms with E-state index in [0.29, 0.717) is 29.0 Å².